The number of benzene rings is 1. The van der Waals surface area contributed by atoms with Gasteiger partial charge < -0.3 is 10.3 Å². The number of carbonyl (C=O) groups is 1. The van der Waals surface area contributed by atoms with E-state index in [2.05, 4.69) is 20.3 Å². The van der Waals surface area contributed by atoms with Crippen LogP contribution in [0.3, 0.4) is 0 Å². The van der Waals surface area contributed by atoms with Gasteiger partial charge in [-0.3, -0.25) is 9.78 Å². The van der Waals surface area contributed by atoms with Crippen LogP contribution in [0.2, 0.25) is 0 Å². The summed E-state index contributed by atoms with van der Waals surface area (Å²) in [4.78, 5) is 23.2. The first-order valence-corrected chi connectivity index (χ1v) is 7.66. The molecule has 4 aromatic rings. The predicted octanol–water partition coefficient (Wildman–Crippen LogP) is 4.02. The Bertz CT molecular complexity index is 1060. The van der Waals surface area contributed by atoms with Crippen LogP contribution in [0, 0.1) is 5.95 Å². The van der Waals surface area contributed by atoms with Crippen LogP contribution in [0.25, 0.3) is 22.0 Å². The van der Waals surface area contributed by atoms with Crippen LogP contribution in [-0.4, -0.2) is 20.9 Å². The number of carbonyl (C=O) groups excluding carboxylic acids is 1. The van der Waals surface area contributed by atoms with Crippen molar-refractivity contribution in [2.24, 2.45) is 0 Å². The third kappa shape index (κ3) is 2.85. The number of amides is 1. The Morgan fingerprint density at radius 2 is 1.92 bits per heavy atom. The van der Waals surface area contributed by atoms with Gasteiger partial charge in [0.15, 0.2) is 0 Å². The van der Waals surface area contributed by atoms with E-state index in [1.165, 1.54) is 6.20 Å². The van der Waals surface area contributed by atoms with Crippen molar-refractivity contribution in [1.82, 2.24) is 15.0 Å². The number of pyridine rings is 2. The monoisotopic (exact) mass is 332 g/mol. The van der Waals surface area contributed by atoms with Gasteiger partial charge in [-0.25, -0.2) is 4.98 Å². The highest BCUT2D eigenvalue weighted by atomic mass is 19.1. The molecule has 0 unspecified atom stereocenters. The molecule has 25 heavy (non-hydrogen) atoms. The summed E-state index contributed by atoms with van der Waals surface area (Å²) in [7, 11) is 0. The van der Waals surface area contributed by atoms with Gasteiger partial charge >= 0.3 is 0 Å². The molecule has 0 fully saturated rings. The molecule has 5 nitrogen and oxygen atoms in total. The fourth-order valence-corrected chi connectivity index (χ4v) is 2.71. The Morgan fingerprint density at radius 3 is 2.72 bits per heavy atom. The molecule has 3 aromatic heterocycles. The number of hydrogen-bond donors (Lipinski definition) is 2. The molecule has 2 N–H and O–H groups in total. The molecule has 0 radical (unpaired) electrons. The molecule has 1 amide bonds. The molecule has 4 rings (SSSR count). The number of nitrogens with one attached hydrogen (secondary N) is 2. The van der Waals surface area contributed by atoms with E-state index in [4.69, 9.17) is 0 Å². The van der Waals surface area contributed by atoms with Gasteiger partial charge in [-0.05, 0) is 42.0 Å². The molecule has 6 heteroatoms. The van der Waals surface area contributed by atoms with Gasteiger partial charge in [0.25, 0.3) is 5.91 Å². The number of nitrogens with zero attached hydrogens (tertiary/aromatic N) is 2. The Labute approximate surface area is 142 Å². The molecule has 0 atom stereocenters. The van der Waals surface area contributed by atoms with Crippen molar-refractivity contribution in [2.45, 2.75) is 0 Å². The highest BCUT2D eigenvalue weighted by molar-refractivity contribution is 6.13. The fourth-order valence-electron chi connectivity index (χ4n) is 2.71. The van der Waals surface area contributed by atoms with Crippen molar-refractivity contribution in [3.8, 4) is 11.1 Å². The second-order valence-corrected chi connectivity index (χ2v) is 5.49. The topological polar surface area (TPSA) is 70.7 Å². The molecule has 0 saturated carbocycles. The van der Waals surface area contributed by atoms with Crippen LogP contribution >= 0.6 is 0 Å². The van der Waals surface area contributed by atoms with Gasteiger partial charge in [0.2, 0.25) is 5.95 Å². The number of H-pyrrole nitrogens is 1. The molecular weight excluding hydrogens is 319 g/mol. The molecular formula is C19H13FN4O. The lowest BCUT2D eigenvalue weighted by atomic mass is 10.0. The van der Waals surface area contributed by atoms with Gasteiger partial charge in [-0.2, -0.15) is 4.39 Å². The van der Waals surface area contributed by atoms with E-state index in [9.17, 15) is 9.18 Å². The molecule has 0 saturated heterocycles. The van der Waals surface area contributed by atoms with Crippen molar-refractivity contribution in [3.63, 3.8) is 0 Å². The summed E-state index contributed by atoms with van der Waals surface area (Å²) in [5, 5.41) is 3.54. The highest BCUT2D eigenvalue weighted by Crippen LogP contribution is 2.27. The lowest BCUT2D eigenvalue weighted by Gasteiger charge is -2.05. The second kappa shape index (κ2) is 6.16. The molecule has 0 aliphatic heterocycles. The average molecular weight is 332 g/mol. The quantitative estimate of drug-likeness (QED) is 0.557. The van der Waals surface area contributed by atoms with E-state index in [1.807, 2.05) is 6.07 Å². The van der Waals surface area contributed by atoms with Gasteiger partial charge in [0.05, 0.1) is 5.56 Å². The van der Waals surface area contributed by atoms with Crippen LogP contribution in [0.4, 0.5) is 10.1 Å². The third-order valence-corrected chi connectivity index (χ3v) is 3.93. The maximum absolute atomic E-state index is 13.9. The Kier molecular flexibility index (Phi) is 3.70. The SMILES string of the molecule is O=C(Nc1ccncc1)c1c[nH]c2ccc(-c3cccnc3F)cc12. The minimum atomic E-state index is -0.542. The first-order chi connectivity index (χ1) is 12.2. The summed E-state index contributed by atoms with van der Waals surface area (Å²) < 4.78 is 13.9. The Balaban J connectivity index is 1.74. The van der Waals surface area contributed by atoms with Crippen molar-refractivity contribution >= 4 is 22.5 Å². The van der Waals surface area contributed by atoms with Gasteiger partial charge in [0, 0.05) is 46.9 Å². The first-order valence-electron chi connectivity index (χ1n) is 7.66. The largest absolute Gasteiger partial charge is 0.360 e. The van der Waals surface area contributed by atoms with E-state index in [0.717, 1.165) is 5.52 Å². The lowest BCUT2D eigenvalue weighted by Crippen LogP contribution is -2.11. The smallest absolute Gasteiger partial charge is 0.257 e. The van der Waals surface area contributed by atoms with Gasteiger partial charge in [-0.1, -0.05) is 6.07 Å². The van der Waals surface area contributed by atoms with Crippen molar-refractivity contribution in [3.05, 3.63) is 78.8 Å². The maximum Gasteiger partial charge on any atom is 0.257 e. The van der Waals surface area contributed by atoms with Crippen LogP contribution in [0.15, 0.2) is 67.3 Å². The maximum atomic E-state index is 13.9. The van der Waals surface area contributed by atoms with Crippen LogP contribution < -0.4 is 5.32 Å². The van der Waals surface area contributed by atoms with Crippen molar-refractivity contribution in [2.75, 3.05) is 5.32 Å². The molecule has 122 valence electrons. The van der Waals surface area contributed by atoms with E-state index in [-0.39, 0.29) is 5.91 Å². The number of aromatic amines is 1. The summed E-state index contributed by atoms with van der Waals surface area (Å²) in [6.07, 6.45) is 6.26. The summed E-state index contributed by atoms with van der Waals surface area (Å²) in [5.74, 6) is -0.790. The highest BCUT2D eigenvalue weighted by Gasteiger charge is 2.14. The summed E-state index contributed by atoms with van der Waals surface area (Å²) >= 11 is 0. The zero-order valence-electron chi connectivity index (χ0n) is 13.0. The normalized spacial score (nSPS) is 10.8. The Morgan fingerprint density at radius 1 is 1.08 bits per heavy atom. The molecule has 0 aliphatic carbocycles. The fraction of sp³-hybridized carbons (Fsp3) is 0. The first kappa shape index (κ1) is 15.0. The van der Waals surface area contributed by atoms with E-state index in [1.54, 1.807) is 55.0 Å². The third-order valence-electron chi connectivity index (χ3n) is 3.93. The van der Waals surface area contributed by atoms with Crippen LogP contribution in [-0.2, 0) is 0 Å². The molecule has 0 bridgehead atoms. The van der Waals surface area contributed by atoms with Crippen molar-refractivity contribution < 1.29 is 9.18 Å². The van der Waals surface area contributed by atoms with E-state index < -0.39 is 5.95 Å². The van der Waals surface area contributed by atoms with Gasteiger partial charge in [-0.15, -0.1) is 0 Å². The van der Waals surface area contributed by atoms with E-state index in [0.29, 0.717) is 27.8 Å². The second-order valence-electron chi connectivity index (χ2n) is 5.49. The average Bonchev–Trinajstić information content (AvgIpc) is 3.06. The zero-order valence-corrected chi connectivity index (χ0v) is 13.0. The number of halogens is 1. The number of fused-ring (bicyclic) bond motifs is 1. The number of aromatic nitrogens is 3. The molecule has 1 aromatic carbocycles. The number of anilines is 1. The zero-order chi connectivity index (χ0) is 17.2. The van der Waals surface area contributed by atoms with E-state index >= 15 is 0 Å². The van der Waals surface area contributed by atoms with Crippen molar-refractivity contribution in [1.29, 1.82) is 0 Å². The number of hydrogen-bond acceptors (Lipinski definition) is 3. The van der Waals surface area contributed by atoms with Crippen LogP contribution in [0.5, 0.6) is 0 Å². The Hall–Kier alpha value is -3.54. The minimum absolute atomic E-state index is 0.249. The standard InChI is InChI=1S/C19H13FN4O/c20-18-14(2-1-7-22-18)12-3-4-17-15(10-12)16(11-23-17)19(25)24-13-5-8-21-9-6-13/h1-11,23H,(H,21,24,25). The molecule has 0 aliphatic rings. The lowest BCUT2D eigenvalue weighted by molar-refractivity contribution is 0.102. The minimum Gasteiger partial charge on any atom is -0.360 e. The van der Waals surface area contributed by atoms with Gasteiger partial charge in [0.1, 0.15) is 0 Å². The number of rotatable bonds is 3. The summed E-state index contributed by atoms with van der Waals surface area (Å²) in [6, 6.07) is 12.2. The van der Waals surface area contributed by atoms with Crippen LogP contribution in [0.1, 0.15) is 10.4 Å². The predicted molar refractivity (Wildman–Crippen MR) is 93.7 cm³/mol. The molecule has 3 heterocycles. The molecule has 0 spiro atoms. The summed E-state index contributed by atoms with van der Waals surface area (Å²) in [5.41, 5.74) is 3.00. The summed E-state index contributed by atoms with van der Waals surface area (Å²) in [6.45, 7) is 0.